The standard InChI is InChI=1S/C10H17NO2S/c12-10(13)5-9-7-14-4-3-11(9)6-8-1-2-8/h8-9H,1-7H2,(H,12,13). The Morgan fingerprint density at radius 1 is 1.50 bits per heavy atom. The first-order valence-corrected chi connectivity index (χ1v) is 6.45. The Hall–Kier alpha value is -0.220. The summed E-state index contributed by atoms with van der Waals surface area (Å²) in [6.07, 6.45) is 3.02. The summed E-state index contributed by atoms with van der Waals surface area (Å²) in [7, 11) is 0. The average Bonchev–Trinajstić information content (AvgIpc) is 2.91. The maximum atomic E-state index is 10.7. The second-order valence-corrected chi connectivity index (χ2v) is 5.41. The molecule has 4 heteroatoms. The van der Waals surface area contributed by atoms with Gasteiger partial charge in [-0.15, -0.1) is 0 Å². The normalized spacial score (nSPS) is 29.0. The van der Waals surface area contributed by atoms with Crippen molar-refractivity contribution < 1.29 is 9.90 Å². The maximum absolute atomic E-state index is 10.7. The lowest BCUT2D eigenvalue weighted by Crippen LogP contribution is -2.44. The first kappa shape index (κ1) is 10.3. The van der Waals surface area contributed by atoms with Gasteiger partial charge in [0.1, 0.15) is 0 Å². The summed E-state index contributed by atoms with van der Waals surface area (Å²) in [5.41, 5.74) is 0. The number of nitrogens with zero attached hydrogens (tertiary/aromatic N) is 1. The molecule has 1 saturated carbocycles. The largest absolute Gasteiger partial charge is 0.481 e. The molecule has 1 saturated heterocycles. The smallest absolute Gasteiger partial charge is 0.304 e. The summed E-state index contributed by atoms with van der Waals surface area (Å²) in [6.45, 7) is 2.22. The Bertz CT molecular complexity index is 218. The number of carbonyl (C=O) groups is 1. The van der Waals surface area contributed by atoms with E-state index in [1.807, 2.05) is 11.8 Å². The average molecular weight is 215 g/mol. The van der Waals surface area contributed by atoms with Crippen molar-refractivity contribution in [2.45, 2.75) is 25.3 Å². The van der Waals surface area contributed by atoms with Crippen LogP contribution in [-0.4, -0.2) is 46.6 Å². The van der Waals surface area contributed by atoms with Crippen molar-refractivity contribution >= 4 is 17.7 Å². The van der Waals surface area contributed by atoms with Gasteiger partial charge in [0.25, 0.3) is 0 Å². The highest BCUT2D eigenvalue weighted by Gasteiger charge is 2.30. The van der Waals surface area contributed by atoms with Gasteiger partial charge in [-0.25, -0.2) is 0 Å². The number of carboxylic acid groups (broad SMARTS) is 1. The molecule has 2 rings (SSSR count). The van der Waals surface area contributed by atoms with E-state index in [4.69, 9.17) is 5.11 Å². The van der Waals surface area contributed by atoms with Crippen molar-refractivity contribution in [1.82, 2.24) is 4.90 Å². The molecule has 1 heterocycles. The highest BCUT2D eigenvalue weighted by molar-refractivity contribution is 7.99. The van der Waals surface area contributed by atoms with E-state index in [0.29, 0.717) is 6.42 Å². The van der Waals surface area contributed by atoms with Crippen LogP contribution in [0.5, 0.6) is 0 Å². The zero-order chi connectivity index (χ0) is 9.97. The van der Waals surface area contributed by atoms with E-state index >= 15 is 0 Å². The third kappa shape index (κ3) is 2.89. The summed E-state index contributed by atoms with van der Waals surface area (Å²) in [5.74, 6) is 2.38. The molecule has 0 radical (unpaired) electrons. The highest BCUT2D eigenvalue weighted by atomic mass is 32.2. The van der Waals surface area contributed by atoms with E-state index in [1.54, 1.807) is 0 Å². The molecule has 3 nitrogen and oxygen atoms in total. The predicted molar refractivity (Wildman–Crippen MR) is 57.7 cm³/mol. The molecule has 2 aliphatic rings. The fourth-order valence-corrected chi connectivity index (χ4v) is 3.08. The van der Waals surface area contributed by atoms with Crippen molar-refractivity contribution in [3.63, 3.8) is 0 Å². The molecule has 0 amide bonds. The zero-order valence-electron chi connectivity index (χ0n) is 8.32. The Morgan fingerprint density at radius 2 is 2.29 bits per heavy atom. The number of carboxylic acids is 1. The molecule has 1 aliphatic heterocycles. The fourth-order valence-electron chi connectivity index (χ4n) is 1.95. The van der Waals surface area contributed by atoms with E-state index in [9.17, 15) is 4.79 Å². The molecular weight excluding hydrogens is 198 g/mol. The highest BCUT2D eigenvalue weighted by Crippen LogP contribution is 2.32. The zero-order valence-corrected chi connectivity index (χ0v) is 9.13. The van der Waals surface area contributed by atoms with Crippen LogP contribution in [0, 0.1) is 5.92 Å². The van der Waals surface area contributed by atoms with E-state index in [-0.39, 0.29) is 6.04 Å². The summed E-state index contributed by atoms with van der Waals surface area (Å²) in [5, 5.41) is 8.80. The van der Waals surface area contributed by atoms with E-state index in [0.717, 1.165) is 24.8 Å². The minimum Gasteiger partial charge on any atom is -0.481 e. The van der Waals surface area contributed by atoms with Gasteiger partial charge in [-0.2, -0.15) is 11.8 Å². The van der Waals surface area contributed by atoms with Gasteiger partial charge >= 0.3 is 5.97 Å². The van der Waals surface area contributed by atoms with Crippen molar-refractivity contribution in [1.29, 1.82) is 0 Å². The van der Waals surface area contributed by atoms with Gasteiger partial charge < -0.3 is 5.11 Å². The number of thioether (sulfide) groups is 1. The first-order chi connectivity index (χ1) is 6.75. The van der Waals surface area contributed by atoms with E-state index in [1.165, 1.54) is 18.6 Å². The fraction of sp³-hybridized carbons (Fsp3) is 0.900. The second-order valence-electron chi connectivity index (χ2n) is 4.26. The summed E-state index contributed by atoms with van der Waals surface area (Å²) in [6, 6.07) is 0.284. The lowest BCUT2D eigenvalue weighted by molar-refractivity contribution is -0.138. The third-order valence-corrected chi connectivity index (χ3v) is 4.04. The lowest BCUT2D eigenvalue weighted by Gasteiger charge is -2.34. The van der Waals surface area contributed by atoms with Gasteiger partial charge in [0.2, 0.25) is 0 Å². The lowest BCUT2D eigenvalue weighted by atomic mass is 10.2. The number of rotatable bonds is 4. The molecule has 0 aromatic rings. The molecule has 0 bridgehead atoms. The molecule has 1 unspecified atom stereocenters. The van der Waals surface area contributed by atoms with Crippen LogP contribution in [0.4, 0.5) is 0 Å². The van der Waals surface area contributed by atoms with E-state index in [2.05, 4.69) is 4.90 Å². The van der Waals surface area contributed by atoms with Crippen LogP contribution >= 0.6 is 11.8 Å². The minimum atomic E-state index is -0.654. The summed E-state index contributed by atoms with van der Waals surface area (Å²) >= 11 is 1.89. The molecule has 14 heavy (non-hydrogen) atoms. The molecular formula is C10H17NO2S. The van der Waals surface area contributed by atoms with Crippen LogP contribution in [0.25, 0.3) is 0 Å². The van der Waals surface area contributed by atoms with Crippen molar-refractivity contribution in [3.05, 3.63) is 0 Å². The van der Waals surface area contributed by atoms with Gasteiger partial charge in [-0.3, -0.25) is 9.69 Å². The molecule has 1 N–H and O–H groups in total. The monoisotopic (exact) mass is 215 g/mol. The summed E-state index contributed by atoms with van der Waals surface area (Å²) in [4.78, 5) is 13.1. The summed E-state index contributed by atoms with van der Waals surface area (Å²) < 4.78 is 0. The van der Waals surface area contributed by atoms with Gasteiger partial charge in [0, 0.05) is 30.6 Å². The molecule has 1 aliphatic carbocycles. The molecule has 80 valence electrons. The predicted octanol–water partition coefficient (Wildman–Crippen LogP) is 1.29. The Kier molecular flexibility index (Phi) is 3.34. The SMILES string of the molecule is O=C(O)CC1CSCCN1CC1CC1. The van der Waals surface area contributed by atoms with Gasteiger partial charge in [0.05, 0.1) is 6.42 Å². The van der Waals surface area contributed by atoms with Crippen LogP contribution in [0.15, 0.2) is 0 Å². The van der Waals surface area contributed by atoms with Crippen LogP contribution in [0.1, 0.15) is 19.3 Å². The topological polar surface area (TPSA) is 40.5 Å². The maximum Gasteiger partial charge on any atom is 0.304 e. The molecule has 0 aromatic carbocycles. The first-order valence-electron chi connectivity index (χ1n) is 5.29. The van der Waals surface area contributed by atoms with Gasteiger partial charge in [-0.1, -0.05) is 0 Å². The third-order valence-electron chi connectivity index (χ3n) is 2.95. The Balaban J connectivity index is 1.84. The van der Waals surface area contributed by atoms with Gasteiger partial charge in [-0.05, 0) is 18.8 Å². The molecule has 0 aromatic heterocycles. The number of aliphatic carboxylic acids is 1. The quantitative estimate of drug-likeness (QED) is 0.767. The van der Waals surface area contributed by atoms with Crippen molar-refractivity contribution in [2.75, 3.05) is 24.6 Å². The number of hydrogen-bond acceptors (Lipinski definition) is 3. The van der Waals surface area contributed by atoms with E-state index < -0.39 is 5.97 Å². The second kappa shape index (κ2) is 4.53. The molecule has 2 fully saturated rings. The van der Waals surface area contributed by atoms with Crippen molar-refractivity contribution in [2.24, 2.45) is 5.92 Å². The van der Waals surface area contributed by atoms with Crippen LogP contribution in [0.3, 0.4) is 0 Å². The van der Waals surface area contributed by atoms with Crippen LogP contribution in [0.2, 0.25) is 0 Å². The Morgan fingerprint density at radius 3 is 2.93 bits per heavy atom. The number of hydrogen-bond donors (Lipinski definition) is 1. The van der Waals surface area contributed by atoms with Crippen LogP contribution in [-0.2, 0) is 4.79 Å². The Labute approximate surface area is 88.9 Å². The molecule has 0 spiro atoms. The molecule has 1 atom stereocenters. The van der Waals surface area contributed by atoms with Gasteiger partial charge in [0.15, 0.2) is 0 Å². The van der Waals surface area contributed by atoms with Crippen LogP contribution < -0.4 is 0 Å². The van der Waals surface area contributed by atoms with Crippen molar-refractivity contribution in [3.8, 4) is 0 Å². The minimum absolute atomic E-state index is 0.284.